The Kier molecular flexibility index (Phi) is 3.74. The van der Waals surface area contributed by atoms with E-state index in [9.17, 15) is 9.59 Å². The van der Waals surface area contributed by atoms with Crippen LogP contribution in [0.2, 0.25) is 0 Å². The summed E-state index contributed by atoms with van der Waals surface area (Å²) in [6.07, 6.45) is 0.0564. The van der Waals surface area contributed by atoms with Crippen molar-refractivity contribution in [3.05, 3.63) is 76.1 Å². The Morgan fingerprint density at radius 3 is 2.50 bits per heavy atom. The lowest BCUT2D eigenvalue weighted by molar-refractivity contribution is -0.115. The number of para-hydroxylation sites is 2. The molecule has 0 saturated heterocycles. The molecule has 1 amide bonds. The fraction of sp³-hybridized carbons (Fsp3) is 0.111. The highest BCUT2D eigenvalue weighted by atomic mass is 16.2. The van der Waals surface area contributed by atoms with Crippen LogP contribution in [0.3, 0.4) is 0 Å². The van der Waals surface area contributed by atoms with Crippen LogP contribution in [0.4, 0.5) is 5.69 Å². The number of fused-ring (bicyclic) bond motifs is 1. The normalized spacial score (nSPS) is 10.6. The van der Waals surface area contributed by atoms with E-state index in [4.69, 9.17) is 0 Å². The predicted octanol–water partition coefficient (Wildman–Crippen LogP) is 3.02. The summed E-state index contributed by atoms with van der Waals surface area (Å²) in [6, 6.07) is 16.8. The van der Waals surface area contributed by atoms with Crippen LogP contribution >= 0.6 is 0 Å². The van der Waals surface area contributed by atoms with E-state index in [-0.39, 0.29) is 17.9 Å². The lowest BCUT2D eigenvalue weighted by Crippen LogP contribution is -2.22. The first-order chi connectivity index (χ1) is 10.6. The lowest BCUT2D eigenvalue weighted by atomic mass is 10.0. The SMILES string of the molecule is Cc1c(CC(=O)Nc2ccccc2)c(=O)[nH]c2ccccc12. The molecule has 0 aliphatic carbocycles. The monoisotopic (exact) mass is 292 g/mol. The largest absolute Gasteiger partial charge is 0.326 e. The Morgan fingerprint density at radius 1 is 1.05 bits per heavy atom. The number of rotatable bonds is 3. The fourth-order valence-corrected chi connectivity index (χ4v) is 2.55. The average Bonchev–Trinajstić information content (AvgIpc) is 2.52. The highest BCUT2D eigenvalue weighted by Gasteiger charge is 2.13. The minimum absolute atomic E-state index is 0.0564. The number of carbonyl (C=O) groups excluding carboxylic acids is 1. The smallest absolute Gasteiger partial charge is 0.252 e. The number of H-pyrrole nitrogens is 1. The van der Waals surface area contributed by atoms with E-state index in [0.29, 0.717) is 5.56 Å². The molecule has 0 atom stereocenters. The van der Waals surface area contributed by atoms with Gasteiger partial charge >= 0.3 is 0 Å². The Hall–Kier alpha value is -2.88. The van der Waals surface area contributed by atoms with Gasteiger partial charge in [0.25, 0.3) is 5.56 Å². The molecule has 3 aromatic rings. The van der Waals surface area contributed by atoms with Crippen molar-refractivity contribution in [2.45, 2.75) is 13.3 Å². The van der Waals surface area contributed by atoms with Gasteiger partial charge in [-0.3, -0.25) is 9.59 Å². The zero-order valence-electron chi connectivity index (χ0n) is 12.2. The van der Waals surface area contributed by atoms with Gasteiger partial charge in [-0.1, -0.05) is 36.4 Å². The van der Waals surface area contributed by atoms with E-state index in [2.05, 4.69) is 10.3 Å². The van der Waals surface area contributed by atoms with Gasteiger partial charge in [0.1, 0.15) is 0 Å². The molecule has 2 N–H and O–H groups in total. The number of hydrogen-bond acceptors (Lipinski definition) is 2. The fourth-order valence-electron chi connectivity index (χ4n) is 2.55. The van der Waals surface area contributed by atoms with Crippen LogP contribution in [0.25, 0.3) is 10.9 Å². The highest BCUT2D eigenvalue weighted by molar-refractivity contribution is 5.93. The molecule has 110 valence electrons. The molecule has 0 bridgehead atoms. The molecule has 0 spiro atoms. The number of aryl methyl sites for hydroxylation is 1. The van der Waals surface area contributed by atoms with E-state index in [0.717, 1.165) is 22.2 Å². The zero-order valence-corrected chi connectivity index (χ0v) is 12.2. The lowest BCUT2D eigenvalue weighted by Gasteiger charge is -2.09. The molecule has 2 aromatic carbocycles. The van der Waals surface area contributed by atoms with E-state index in [1.54, 1.807) is 0 Å². The summed E-state index contributed by atoms with van der Waals surface area (Å²) < 4.78 is 0. The maximum Gasteiger partial charge on any atom is 0.252 e. The molecule has 0 aliphatic rings. The average molecular weight is 292 g/mol. The summed E-state index contributed by atoms with van der Waals surface area (Å²) in [5, 5.41) is 3.76. The molecule has 1 aromatic heterocycles. The van der Waals surface area contributed by atoms with Crippen LogP contribution in [-0.2, 0) is 11.2 Å². The van der Waals surface area contributed by atoms with Crippen molar-refractivity contribution < 1.29 is 4.79 Å². The Labute approximate surface area is 127 Å². The standard InChI is InChI=1S/C18H16N2O2/c1-12-14-9-5-6-10-16(14)20-18(22)15(12)11-17(21)19-13-7-3-2-4-8-13/h2-10H,11H2,1H3,(H,19,21)(H,20,22). The predicted molar refractivity (Wildman–Crippen MR) is 88.1 cm³/mol. The number of aromatic amines is 1. The van der Waals surface area contributed by atoms with Crippen molar-refractivity contribution in [1.82, 2.24) is 4.98 Å². The highest BCUT2D eigenvalue weighted by Crippen LogP contribution is 2.17. The van der Waals surface area contributed by atoms with Gasteiger partial charge < -0.3 is 10.3 Å². The van der Waals surface area contributed by atoms with E-state index in [1.165, 1.54) is 0 Å². The van der Waals surface area contributed by atoms with Crippen molar-refractivity contribution in [3.8, 4) is 0 Å². The van der Waals surface area contributed by atoms with Crippen molar-refractivity contribution >= 4 is 22.5 Å². The van der Waals surface area contributed by atoms with Gasteiger partial charge in [-0.15, -0.1) is 0 Å². The summed E-state index contributed by atoms with van der Waals surface area (Å²) in [4.78, 5) is 27.2. The van der Waals surface area contributed by atoms with Gasteiger partial charge in [0.15, 0.2) is 0 Å². The zero-order chi connectivity index (χ0) is 15.5. The number of pyridine rings is 1. The molecule has 22 heavy (non-hydrogen) atoms. The van der Waals surface area contributed by atoms with Gasteiger partial charge in [0, 0.05) is 22.2 Å². The summed E-state index contributed by atoms with van der Waals surface area (Å²) in [5.41, 5.74) is 2.66. The van der Waals surface area contributed by atoms with Crippen LogP contribution in [0, 0.1) is 6.92 Å². The molecule has 0 radical (unpaired) electrons. The number of aromatic nitrogens is 1. The molecule has 4 heteroatoms. The molecule has 0 fully saturated rings. The third-order valence-electron chi connectivity index (χ3n) is 3.70. The Bertz CT molecular complexity index is 882. The maximum absolute atomic E-state index is 12.2. The van der Waals surface area contributed by atoms with Crippen molar-refractivity contribution in [3.63, 3.8) is 0 Å². The molecule has 1 heterocycles. The number of benzene rings is 2. The third kappa shape index (κ3) is 2.76. The second kappa shape index (κ2) is 5.85. The van der Waals surface area contributed by atoms with Crippen LogP contribution in [0.15, 0.2) is 59.4 Å². The third-order valence-corrected chi connectivity index (χ3v) is 3.70. The summed E-state index contributed by atoms with van der Waals surface area (Å²) in [6.45, 7) is 1.88. The van der Waals surface area contributed by atoms with Gasteiger partial charge in [0.05, 0.1) is 6.42 Å². The topological polar surface area (TPSA) is 62.0 Å². The molecular formula is C18H16N2O2. The van der Waals surface area contributed by atoms with E-state index < -0.39 is 0 Å². The molecule has 0 unspecified atom stereocenters. The Balaban J connectivity index is 1.90. The quantitative estimate of drug-likeness (QED) is 0.779. The minimum Gasteiger partial charge on any atom is -0.326 e. The van der Waals surface area contributed by atoms with E-state index in [1.807, 2.05) is 61.5 Å². The van der Waals surface area contributed by atoms with Crippen molar-refractivity contribution in [2.75, 3.05) is 5.32 Å². The van der Waals surface area contributed by atoms with Crippen LogP contribution < -0.4 is 10.9 Å². The molecule has 0 saturated carbocycles. The number of carbonyl (C=O) groups is 1. The number of hydrogen-bond donors (Lipinski definition) is 2. The maximum atomic E-state index is 12.2. The van der Waals surface area contributed by atoms with Crippen LogP contribution in [-0.4, -0.2) is 10.9 Å². The van der Waals surface area contributed by atoms with E-state index >= 15 is 0 Å². The summed E-state index contributed by atoms with van der Waals surface area (Å²) in [7, 11) is 0. The molecule has 0 aliphatic heterocycles. The molecule has 3 rings (SSSR count). The molecule has 4 nitrogen and oxygen atoms in total. The minimum atomic E-state index is -0.209. The second-order valence-electron chi connectivity index (χ2n) is 5.19. The van der Waals surface area contributed by atoms with Gasteiger partial charge in [0.2, 0.25) is 5.91 Å². The van der Waals surface area contributed by atoms with Gasteiger partial charge in [-0.2, -0.15) is 0 Å². The second-order valence-corrected chi connectivity index (χ2v) is 5.19. The molecular weight excluding hydrogens is 276 g/mol. The first-order valence-corrected chi connectivity index (χ1v) is 7.10. The van der Waals surface area contributed by atoms with Crippen LogP contribution in [0.1, 0.15) is 11.1 Å². The summed E-state index contributed by atoms with van der Waals surface area (Å²) >= 11 is 0. The van der Waals surface area contributed by atoms with Crippen molar-refractivity contribution in [2.24, 2.45) is 0 Å². The van der Waals surface area contributed by atoms with Gasteiger partial charge in [-0.25, -0.2) is 0 Å². The first-order valence-electron chi connectivity index (χ1n) is 7.10. The summed E-state index contributed by atoms with van der Waals surface area (Å²) in [5.74, 6) is -0.199. The van der Waals surface area contributed by atoms with Crippen molar-refractivity contribution in [1.29, 1.82) is 0 Å². The number of anilines is 1. The first kappa shape index (κ1) is 14.1. The number of nitrogens with one attached hydrogen (secondary N) is 2. The van der Waals surface area contributed by atoms with Crippen LogP contribution in [0.5, 0.6) is 0 Å². The Morgan fingerprint density at radius 2 is 1.73 bits per heavy atom. The number of amides is 1. The van der Waals surface area contributed by atoms with Gasteiger partial charge in [-0.05, 0) is 30.7 Å².